The number of hydrogen-bond donors (Lipinski definition) is 1. The van der Waals surface area contributed by atoms with Gasteiger partial charge in [0.15, 0.2) is 5.60 Å². The zero-order chi connectivity index (χ0) is 21.7. The Morgan fingerprint density at radius 2 is 1.87 bits per heavy atom. The molecule has 0 bridgehead atoms. The molecule has 6 heteroatoms. The summed E-state index contributed by atoms with van der Waals surface area (Å²) in [6, 6.07) is 12.5. The molecule has 0 fully saturated rings. The van der Waals surface area contributed by atoms with Crippen molar-refractivity contribution in [2.24, 2.45) is 0 Å². The van der Waals surface area contributed by atoms with E-state index in [4.69, 9.17) is 16.3 Å². The molecule has 2 aromatic carbocycles. The number of rotatable bonds is 10. The van der Waals surface area contributed by atoms with Crippen LogP contribution in [0.2, 0.25) is 5.02 Å². The number of carbonyl (C=O) groups is 2. The number of ketones is 1. The summed E-state index contributed by atoms with van der Waals surface area (Å²) < 4.78 is 5.77. The van der Waals surface area contributed by atoms with Crippen molar-refractivity contribution in [3.63, 3.8) is 0 Å². The molecule has 0 saturated carbocycles. The summed E-state index contributed by atoms with van der Waals surface area (Å²) in [5, 5.41) is 11.5. The van der Waals surface area contributed by atoms with Crippen LogP contribution >= 0.6 is 11.6 Å². The maximum Gasteiger partial charge on any atom is 0.264 e. The number of aliphatic hydroxyl groups is 1. The molecule has 0 spiro atoms. The molecule has 1 atom stereocenters. The number of hydrogen-bond acceptors (Lipinski definition) is 4. The topological polar surface area (TPSA) is 66.8 Å². The molecule has 0 aromatic heterocycles. The number of carbonyl (C=O) groups excluding carboxylic acids is 2. The first-order valence-corrected chi connectivity index (χ1v) is 10.8. The lowest BCUT2D eigenvalue weighted by molar-refractivity contribution is -0.141. The van der Waals surface area contributed by atoms with E-state index in [1.54, 1.807) is 18.2 Å². The minimum absolute atomic E-state index is 0.265. The highest BCUT2D eigenvalue weighted by Crippen LogP contribution is 2.44. The summed E-state index contributed by atoms with van der Waals surface area (Å²) in [7, 11) is 0. The number of ether oxygens (including phenoxy) is 1. The van der Waals surface area contributed by atoms with Crippen LogP contribution in [0.15, 0.2) is 42.5 Å². The van der Waals surface area contributed by atoms with Crippen molar-refractivity contribution in [3.8, 4) is 5.75 Å². The molecule has 0 aliphatic carbocycles. The van der Waals surface area contributed by atoms with E-state index in [0.717, 1.165) is 24.2 Å². The van der Waals surface area contributed by atoms with Gasteiger partial charge in [0.1, 0.15) is 11.5 Å². The lowest BCUT2D eigenvalue weighted by Gasteiger charge is -2.22. The highest BCUT2D eigenvalue weighted by molar-refractivity contribution is 6.31. The van der Waals surface area contributed by atoms with Crippen molar-refractivity contribution in [2.45, 2.75) is 58.1 Å². The van der Waals surface area contributed by atoms with Crippen LogP contribution in [0.3, 0.4) is 0 Å². The van der Waals surface area contributed by atoms with Crippen molar-refractivity contribution in [2.75, 3.05) is 11.5 Å². The molecular weight excluding hydrogens is 402 g/mol. The van der Waals surface area contributed by atoms with Gasteiger partial charge >= 0.3 is 0 Å². The lowest BCUT2D eigenvalue weighted by Crippen LogP contribution is -2.41. The van der Waals surface area contributed by atoms with Crippen LogP contribution in [0.25, 0.3) is 0 Å². The molecule has 1 N–H and O–H groups in total. The number of halogens is 1. The maximum absolute atomic E-state index is 13.1. The summed E-state index contributed by atoms with van der Waals surface area (Å²) in [5.41, 5.74) is -0.0329. The Balaban J connectivity index is 1.73. The fourth-order valence-corrected chi connectivity index (χ4v) is 3.98. The summed E-state index contributed by atoms with van der Waals surface area (Å²) in [5.74, 6) is 0.0218. The molecule has 1 heterocycles. The minimum Gasteiger partial charge on any atom is -0.494 e. The molecule has 3 rings (SSSR count). The van der Waals surface area contributed by atoms with Gasteiger partial charge in [-0.25, -0.2) is 0 Å². The number of Topliss-reactive ketones (excluding diaryl/α,β-unsaturated/α-hetero) is 1. The van der Waals surface area contributed by atoms with Gasteiger partial charge in [-0.05, 0) is 49.2 Å². The zero-order valence-corrected chi connectivity index (χ0v) is 18.2. The summed E-state index contributed by atoms with van der Waals surface area (Å²) >= 11 is 6.09. The first-order valence-electron chi connectivity index (χ1n) is 10.4. The SMILES string of the molecule is CCCCCCOc1ccc(CN2C(=O)C(O)(CC(C)=O)c3cc(Cl)ccc32)cc1. The molecule has 2 aromatic rings. The van der Waals surface area contributed by atoms with Gasteiger partial charge in [0.05, 0.1) is 18.8 Å². The van der Waals surface area contributed by atoms with Crippen molar-refractivity contribution in [1.82, 2.24) is 0 Å². The maximum atomic E-state index is 13.1. The van der Waals surface area contributed by atoms with Crippen LogP contribution in [0.1, 0.15) is 57.1 Å². The zero-order valence-electron chi connectivity index (χ0n) is 17.5. The van der Waals surface area contributed by atoms with Crippen molar-refractivity contribution in [1.29, 1.82) is 0 Å². The molecule has 5 nitrogen and oxygen atoms in total. The van der Waals surface area contributed by atoms with Crippen LogP contribution < -0.4 is 9.64 Å². The number of nitrogens with zero attached hydrogens (tertiary/aromatic N) is 1. The Hall–Kier alpha value is -2.37. The average Bonchev–Trinajstić information content (AvgIpc) is 2.90. The Bertz CT molecular complexity index is 912. The van der Waals surface area contributed by atoms with E-state index in [2.05, 4.69) is 6.92 Å². The second-order valence-corrected chi connectivity index (χ2v) is 8.28. The average molecular weight is 430 g/mol. The first-order chi connectivity index (χ1) is 14.3. The third-order valence-electron chi connectivity index (χ3n) is 5.33. The normalized spacial score (nSPS) is 17.9. The molecule has 160 valence electrons. The Morgan fingerprint density at radius 3 is 2.53 bits per heavy atom. The Morgan fingerprint density at radius 1 is 1.13 bits per heavy atom. The number of unbranched alkanes of at least 4 members (excludes halogenated alkanes) is 3. The van der Waals surface area contributed by atoms with Crippen molar-refractivity contribution in [3.05, 3.63) is 58.6 Å². The second-order valence-electron chi connectivity index (χ2n) is 7.84. The largest absolute Gasteiger partial charge is 0.494 e. The van der Waals surface area contributed by atoms with Crippen molar-refractivity contribution < 1.29 is 19.4 Å². The molecule has 30 heavy (non-hydrogen) atoms. The van der Waals surface area contributed by atoms with Crippen LogP contribution in [0.4, 0.5) is 5.69 Å². The smallest absolute Gasteiger partial charge is 0.264 e. The van der Waals surface area contributed by atoms with Gasteiger partial charge < -0.3 is 14.7 Å². The molecule has 1 amide bonds. The van der Waals surface area contributed by atoms with Gasteiger partial charge in [-0.1, -0.05) is 49.9 Å². The molecule has 1 aliphatic rings. The fraction of sp³-hybridized carbons (Fsp3) is 0.417. The number of fused-ring (bicyclic) bond motifs is 1. The molecule has 1 aliphatic heterocycles. The third kappa shape index (κ3) is 4.85. The highest BCUT2D eigenvalue weighted by Gasteiger charge is 2.50. The molecule has 1 unspecified atom stereocenters. The fourth-order valence-electron chi connectivity index (χ4n) is 3.80. The van der Waals surface area contributed by atoms with Gasteiger partial charge in [-0.3, -0.25) is 9.59 Å². The summed E-state index contributed by atoms with van der Waals surface area (Å²) in [6.45, 7) is 4.51. The van der Waals surface area contributed by atoms with Crippen LogP contribution in [-0.2, 0) is 21.7 Å². The van der Waals surface area contributed by atoms with Gasteiger partial charge in [-0.2, -0.15) is 0 Å². The van der Waals surface area contributed by atoms with Gasteiger partial charge in [0.25, 0.3) is 5.91 Å². The van der Waals surface area contributed by atoms with Gasteiger partial charge in [0.2, 0.25) is 0 Å². The van der Waals surface area contributed by atoms with Crippen LogP contribution in [0, 0.1) is 0 Å². The Labute approximate surface area is 182 Å². The van der Waals surface area contributed by atoms with E-state index >= 15 is 0 Å². The highest BCUT2D eigenvalue weighted by atomic mass is 35.5. The van der Waals surface area contributed by atoms with Gasteiger partial charge in [0, 0.05) is 17.0 Å². The lowest BCUT2D eigenvalue weighted by atomic mass is 9.90. The predicted octanol–water partition coefficient (Wildman–Crippen LogP) is 5.01. The van der Waals surface area contributed by atoms with E-state index in [0.29, 0.717) is 22.9 Å². The summed E-state index contributed by atoms with van der Waals surface area (Å²) in [4.78, 5) is 26.3. The van der Waals surface area contributed by atoms with Crippen molar-refractivity contribution >= 4 is 29.0 Å². The van der Waals surface area contributed by atoms with Gasteiger partial charge in [-0.15, -0.1) is 0 Å². The first kappa shape index (κ1) is 22.3. The van der Waals surface area contributed by atoms with E-state index in [1.807, 2.05) is 24.3 Å². The summed E-state index contributed by atoms with van der Waals surface area (Å²) in [6.07, 6.45) is 4.33. The standard InChI is InChI=1S/C24H28ClNO4/c1-3-4-5-6-13-30-20-10-7-18(8-11-20)16-26-22-12-9-19(25)14-21(22)24(29,23(26)28)15-17(2)27/h7-12,14,29H,3-6,13,15-16H2,1-2H3. The van der Waals surface area contributed by atoms with E-state index in [1.165, 1.54) is 24.7 Å². The van der Waals surface area contributed by atoms with E-state index in [9.17, 15) is 14.7 Å². The third-order valence-corrected chi connectivity index (χ3v) is 5.56. The predicted molar refractivity (Wildman–Crippen MR) is 118 cm³/mol. The second kappa shape index (κ2) is 9.63. The minimum atomic E-state index is -1.88. The molecular formula is C24H28ClNO4. The van der Waals surface area contributed by atoms with Crippen LogP contribution in [-0.4, -0.2) is 23.4 Å². The number of anilines is 1. The number of benzene rings is 2. The Kier molecular flexibility index (Phi) is 7.16. The quantitative estimate of drug-likeness (QED) is 0.539. The molecule has 0 radical (unpaired) electrons. The van der Waals surface area contributed by atoms with E-state index < -0.39 is 11.5 Å². The van der Waals surface area contributed by atoms with E-state index in [-0.39, 0.29) is 18.7 Å². The van der Waals surface area contributed by atoms with Crippen LogP contribution in [0.5, 0.6) is 5.75 Å². The monoisotopic (exact) mass is 429 g/mol. The number of amides is 1. The molecule has 0 saturated heterocycles.